The molecule has 0 aliphatic carbocycles. The minimum absolute atomic E-state index is 0.128. The van der Waals surface area contributed by atoms with E-state index in [1.807, 2.05) is 5.43 Å². The number of rotatable bonds is 6. The molecular formula is C16H14N4O8. The van der Waals surface area contributed by atoms with E-state index in [0.29, 0.717) is 5.75 Å². The molecule has 0 aliphatic heterocycles. The van der Waals surface area contributed by atoms with Crippen LogP contribution in [0.15, 0.2) is 36.4 Å². The van der Waals surface area contributed by atoms with Gasteiger partial charge in [0.2, 0.25) is 0 Å². The number of carbonyl (C=O) groups is 2. The highest BCUT2D eigenvalue weighted by molar-refractivity contribution is 6.00. The van der Waals surface area contributed by atoms with Gasteiger partial charge in [-0.1, -0.05) is 0 Å². The molecule has 0 fully saturated rings. The Labute approximate surface area is 157 Å². The first-order valence-corrected chi connectivity index (χ1v) is 7.53. The van der Waals surface area contributed by atoms with E-state index in [1.54, 1.807) is 0 Å². The summed E-state index contributed by atoms with van der Waals surface area (Å²) in [4.78, 5) is 44.3. The van der Waals surface area contributed by atoms with Crippen molar-refractivity contribution < 1.29 is 28.9 Å². The van der Waals surface area contributed by atoms with Crippen LogP contribution in [-0.2, 0) is 0 Å². The fourth-order valence-corrected chi connectivity index (χ4v) is 2.17. The number of methoxy groups -OCH3 is 2. The zero-order valence-corrected chi connectivity index (χ0v) is 14.6. The summed E-state index contributed by atoms with van der Waals surface area (Å²) in [6, 6.07) is 6.70. The van der Waals surface area contributed by atoms with Crippen LogP contribution in [-0.4, -0.2) is 35.9 Å². The Bertz CT molecular complexity index is 927. The second kappa shape index (κ2) is 8.44. The average molecular weight is 390 g/mol. The van der Waals surface area contributed by atoms with Gasteiger partial charge in [-0.2, -0.15) is 0 Å². The topological polar surface area (TPSA) is 163 Å². The van der Waals surface area contributed by atoms with Crippen molar-refractivity contribution in [2.45, 2.75) is 0 Å². The lowest BCUT2D eigenvalue weighted by molar-refractivity contribution is -0.394. The third kappa shape index (κ3) is 4.49. The molecule has 2 amide bonds. The normalized spacial score (nSPS) is 9.93. The fourth-order valence-electron chi connectivity index (χ4n) is 2.17. The molecule has 12 nitrogen and oxygen atoms in total. The Hall–Kier alpha value is -4.22. The van der Waals surface area contributed by atoms with Gasteiger partial charge >= 0.3 is 0 Å². The molecule has 0 spiro atoms. The Morgan fingerprint density at radius 1 is 0.786 bits per heavy atom. The van der Waals surface area contributed by atoms with E-state index in [0.717, 1.165) is 18.2 Å². The molecule has 2 rings (SSSR count). The lowest BCUT2D eigenvalue weighted by atomic mass is 10.1. The number of benzene rings is 2. The molecule has 146 valence electrons. The first kappa shape index (κ1) is 20.1. The molecular weight excluding hydrogens is 376 g/mol. The van der Waals surface area contributed by atoms with Crippen molar-refractivity contribution in [3.8, 4) is 11.5 Å². The summed E-state index contributed by atoms with van der Waals surface area (Å²) in [6.45, 7) is 0. The third-order valence-electron chi connectivity index (χ3n) is 3.52. The summed E-state index contributed by atoms with van der Waals surface area (Å²) >= 11 is 0. The van der Waals surface area contributed by atoms with Crippen molar-refractivity contribution >= 4 is 23.2 Å². The van der Waals surface area contributed by atoms with Gasteiger partial charge in [-0.05, 0) is 18.2 Å². The van der Waals surface area contributed by atoms with Gasteiger partial charge in [0.1, 0.15) is 0 Å². The van der Waals surface area contributed by atoms with Gasteiger partial charge in [0.05, 0.1) is 35.7 Å². The summed E-state index contributed by atoms with van der Waals surface area (Å²) in [7, 11) is 2.81. The SMILES string of the molecule is COc1ccc(C(=O)NNC(=O)c2cc([N+](=O)[O-])cc([N+](=O)[O-])c2)cc1OC. The van der Waals surface area contributed by atoms with Crippen LogP contribution in [0.5, 0.6) is 11.5 Å². The minimum Gasteiger partial charge on any atom is -0.493 e. The van der Waals surface area contributed by atoms with E-state index >= 15 is 0 Å². The highest BCUT2D eigenvalue weighted by atomic mass is 16.6. The highest BCUT2D eigenvalue weighted by Gasteiger charge is 2.20. The van der Waals surface area contributed by atoms with Crippen LogP contribution >= 0.6 is 0 Å². The molecule has 0 aliphatic rings. The zero-order chi connectivity index (χ0) is 20.8. The van der Waals surface area contributed by atoms with Crippen molar-refractivity contribution in [3.05, 3.63) is 67.8 Å². The Morgan fingerprint density at radius 3 is 1.75 bits per heavy atom. The van der Waals surface area contributed by atoms with Crippen molar-refractivity contribution in [1.29, 1.82) is 0 Å². The van der Waals surface area contributed by atoms with Gasteiger partial charge in [-0.25, -0.2) is 0 Å². The van der Waals surface area contributed by atoms with E-state index in [4.69, 9.17) is 9.47 Å². The number of nitro benzene ring substituents is 2. The maximum absolute atomic E-state index is 12.2. The summed E-state index contributed by atoms with van der Waals surface area (Å²) in [6.07, 6.45) is 0. The standard InChI is InChI=1S/C16H14N4O8/c1-27-13-4-3-9(7-14(13)28-2)15(21)17-18-16(22)10-5-11(19(23)24)8-12(6-10)20(25)26/h3-8H,1-2H3,(H,17,21)(H,18,22). The van der Waals surface area contributed by atoms with Crippen molar-refractivity contribution in [3.63, 3.8) is 0 Å². The van der Waals surface area contributed by atoms with Crippen LogP contribution in [0.25, 0.3) is 0 Å². The molecule has 0 radical (unpaired) electrons. The maximum Gasteiger partial charge on any atom is 0.277 e. The lowest BCUT2D eigenvalue weighted by Crippen LogP contribution is -2.41. The number of non-ortho nitro benzene ring substituents is 2. The first-order valence-electron chi connectivity index (χ1n) is 7.53. The fraction of sp³-hybridized carbons (Fsp3) is 0.125. The van der Waals surface area contributed by atoms with Crippen molar-refractivity contribution in [1.82, 2.24) is 10.9 Å². The molecule has 28 heavy (non-hydrogen) atoms. The molecule has 0 atom stereocenters. The van der Waals surface area contributed by atoms with Crippen molar-refractivity contribution in [2.24, 2.45) is 0 Å². The van der Waals surface area contributed by atoms with Crippen LogP contribution < -0.4 is 20.3 Å². The summed E-state index contributed by atoms with van der Waals surface area (Å²) in [5.41, 5.74) is 2.64. The highest BCUT2D eigenvalue weighted by Crippen LogP contribution is 2.27. The molecule has 2 N–H and O–H groups in total. The lowest BCUT2D eigenvalue weighted by Gasteiger charge is -2.10. The zero-order valence-electron chi connectivity index (χ0n) is 14.6. The Kier molecular flexibility index (Phi) is 6.06. The minimum atomic E-state index is -0.972. The largest absolute Gasteiger partial charge is 0.493 e. The van der Waals surface area contributed by atoms with E-state index in [-0.39, 0.29) is 16.9 Å². The van der Waals surface area contributed by atoms with E-state index in [9.17, 15) is 29.8 Å². The summed E-state index contributed by atoms with van der Waals surface area (Å²) in [5, 5.41) is 21.7. The van der Waals surface area contributed by atoms with Gasteiger partial charge in [0.15, 0.2) is 11.5 Å². The number of amides is 2. The van der Waals surface area contributed by atoms with Crippen LogP contribution in [0.2, 0.25) is 0 Å². The number of ether oxygens (including phenoxy) is 2. The predicted octanol–water partition coefficient (Wildman–Crippen LogP) is 1.59. The molecule has 0 aromatic heterocycles. The molecule has 2 aromatic carbocycles. The molecule has 12 heteroatoms. The third-order valence-corrected chi connectivity index (χ3v) is 3.52. The summed E-state index contributed by atoms with van der Waals surface area (Å²) < 4.78 is 10.1. The number of carbonyl (C=O) groups excluding carboxylic acids is 2. The van der Waals surface area contributed by atoms with Gasteiger partial charge in [-0.3, -0.25) is 40.7 Å². The molecule has 0 saturated heterocycles. The predicted molar refractivity (Wildman–Crippen MR) is 94.2 cm³/mol. The van der Waals surface area contributed by atoms with Crippen LogP contribution in [0.1, 0.15) is 20.7 Å². The molecule has 0 heterocycles. The van der Waals surface area contributed by atoms with E-state index < -0.39 is 33.0 Å². The second-order valence-corrected chi connectivity index (χ2v) is 5.23. The van der Waals surface area contributed by atoms with Gasteiger partial charge < -0.3 is 9.47 Å². The number of nitro groups is 2. The van der Waals surface area contributed by atoms with Crippen LogP contribution in [0.3, 0.4) is 0 Å². The van der Waals surface area contributed by atoms with Crippen LogP contribution in [0.4, 0.5) is 11.4 Å². The summed E-state index contributed by atoms with van der Waals surface area (Å²) in [5.74, 6) is -1.00. The van der Waals surface area contributed by atoms with Gasteiger partial charge in [-0.15, -0.1) is 0 Å². The number of nitrogens with zero attached hydrogens (tertiary/aromatic N) is 2. The number of hydrazine groups is 1. The monoisotopic (exact) mass is 390 g/mol. The average Bonchev–Trinajstić information content (AvgIpc) is 2.70. The molecule has 0 bridgehead atoms. The van der Waals surface area contributed by atoms with Gasteiger partial charge in [0.25, 0.3) is 23.2 Å². The number of hydrogen-bond donors (Lipinski definition) is 2. The quantitative estimate of drug-likeness (QED) is 0.555. The maximum atomic E-state index is 12.2. The first-order chi connectivity index (χ1) is 13.3. The smallest absolute Gasteiger partial charge is 0.277 e. The number of hydrogen-bond acceptors (Lipinski definition) is 8. The molecule has 0 unspecified atom stereocenters. The van der Waals surface area contributed by atoms with Crippen molar-refractivity contribution in [2.75, 3.05) is 14.2 Å². The van der Waals surface area contributed by atoms with Crippen LogP contribution in [0, 0.1) is 20.2 Å². The second-order valence-electron chi connectivity index (χ2n) is 5.23. The Morgan fingerprint density at radius 2 is 1.29 bits per heavy atom. The molecule has 0 saturated carbocycles. The van der Waals surface area contributed by atoms with E-state index in [2.05, 4.69) is 5.43 Å². The van der Waals surface area contributed by atoms with Gasteiger partial charge in [0, 0.05) is 17.7 Å². The molecule has 2 aromatic rings. The van der Waals surface area contributed by atoms with E-state index in [1.165, 1.54) is 32.4 Å². The number of nitrogens with one attached hydrogen (secondary N) is 2. The Balaban J connectivity index is 2.16.